The molecule has 1 saturated heterocycles. The van der Waals surface area contributed by atoms with Crippen molar-refractivity contribution in [1.29, 1.82) is 0 Å². The van der Waals surface area contributed by atoms with Gasteiger partial charge in [0.15, 0.2) is 0 Å². The third-order valence-corrected chi connectivity index (χ3v) is 3.31. The molecule has 0 aromatic rings. The minimum Gasteiger partial charge on any atom is -0.319 e. The lowest BCUT2D eigenvalue weighted by molar-refractivity contribution is 0.168. The van der Waals surface area contributed by atoms with Gasteiger partial charge in [-0.1, -0.05) is 0 Å². The van der Waals surface area contributed by atoms with Crippen LogP contribution >= 0.6 is 0 Å². The van der Waals surface area contributed by atoms with Gasteiger partial charge in [-0.05, 0) is 57.7 Å². The summed E-state index contributed by atoms with van der Waals surface area (Å²) >= 11 is 0. The molecule has 2 fully saturated rings. The Balaban J connectivity index is 1.70. The maximum atomic E-state index is 3.30. The maximum absolute atomic E-state index is 3.30. The van der Waals surface area contributed by atoms with E-state index in [0.717, 1.165) is 11.8 Å². The minimum absolute atomic E-state index is 0.914. The van der Waals surface area contributed by atoms with Crippen LogP contribution in [0.15, 0.2) is 0 Å². The van der Waals surface area contributed by atoms with Crippen molar-refractivity contribution >= 4 is 0 Å². The van der Waals surface area contributed by atoms with Crippen molar-refractivity contribution in [2.24, 2.45) is 11.8 Å². The predicted octanol–water partition coefficient (Wildman–Crippen LogP) is 1.33. The van der Waals surface area contributed by atoms with E-state index in [1.807, 2.05) is 0 Å². The van der Waals surface area contributed by atoms with E-state index >= 15 is 0 Å². The van der Waals surface area contributed by atoms with E-state index in [4.69, 9.17) is 0 Å². The topological polar surface area (TPSA) is 15.3 Å². The summed E-state index contributed by atoms with van der Waals surface area (Å²) in [6.45, 7) is 5.30. The molecule has 0 bridgehead atoms. The van der Waals surface area contributed by atoms with Gasteiger partial charge in [-0.15, -0.1) is 0 Å². The molecule has 0 aromatic carbocycles. The van der Waals surface area contributed by atoms with Crippen LogP contribution in [0.5, 0.6) is 0 Å². The Hall–Kier alpha value is -0.0800. The van der Waals surface area contributed by atoms with Crippen molar-refractivity contribution in [1.82, 2.24) is 10.2 Å². The molecule has 13 heavy (non-hydrogen) atoms. The standard InChI is InChI=1S/C11H22N2/c1-12-7-11-3-2-6-13(9-11)8-10-4-5-10/h10-12H,2-9H2,1H3/t11-/m0/s1. The number of hydrogen-bond donors (Lipinski definition) is 1. The molecule has 2 aliphatic rings. The van der Waals surface area contributed by atoms with Crippen molar-refractivity contribution in [3.63, 3.8) is 0 Å². The molecule has 0 unspecified atom stereocenters. The van der Waals surface area contributed by atoms with E-state index in [9.17, 15) is 0 Å². The SMILES string of the molecule is CNC[C@@H]1CCCN(CC2CC2)C1. The number of nitrogens with zero attached hydrogens (tertiary/aromatic N) is 1. The van der Waals surface area contributed by atoms with Crippen molar-refractivity contribution in [3.05, 3.63) is 0 Å². The van der Waals surface area contributed by atoms with Crippen LogP contribution in [0.1, 0.15) is 25.7 Å². The summed E-state index contributed by atoms with van der Waals surface area (Å²) in [5.74, 6) is 1.98. The fourth-order valence-electron chi connectivity index (χ4n) is 2.44. The molecule has 1 aliphatic heterocycles. The molecule has 2 nitrogen and oxygen atoms in total. The van der Waals surface area contributed by atoms with Crippen LogP contribution < -0.4 is 5.32 Å². The highest BCUT2D eigenvalue weighted by atomic mass is 15.1. The Morgan fingerprint density at radius 2 is 2.08 bits per heavy atom. The quantitative estimate of drug-likeness (QED) is 0.705. The van der Waals surface area contributed by atoms with Gasteiger partial charge >= 0.3 is 0 Å². The molecular formula is C11H22N2. The van der Waals surface area contributed by atoms with Crippen LogP contribution in [-0.4, -0.2) is 38.1 Å². The Morgan fingerprint density at radius 3 is 2.77 bits per heavy atom. The lowest BCUT2D eigenvalue weighted by atomic mass is 9.98. The fourth-order valence-corrected chi connectivity index (χ4v) is 2.44. The average molecular weight is 182 g/mol. The van der Waals surface area contributed by atoms with Crippen LogP contribution in [0, 0.1) is 11.8 Å². The summed E-state index contributed by atoms with van der Waals surface area (Å²) in [7, 11) is 2.07. The van der Waals surface area contributed by atoms with Crippen LogP contribution in [0.2, 0.25) is 0 Å². The van der Waals surface area contributed by atoms with Gasteiger partial charge in [0.1, 0.15) is 0 Å². The van der Waals surface area contributed by atoms with Crippen LogP contribution in [0.3, 0.4) is 0 Å². The molecule has 1 saturated carbocycles. The third kappa shape index (κ3) is 2.96. The highest BCUT2D eigenvalue weighted by molar-refractivity contribution is 4.81. The van der Waals surface area contributed by atoms with Gasteiger partial charge < -0.3 is 10.2 Å². The largest absolute Gasteiger partial charge is 0.319 e. The first kappa shape index (κ1) is 9.47. The second-order valence-electron chi connectivity index (χ2n) is 4.77. The molecule has 1 aliphatic carbocycles. The second-order valence-corrected chi connectivity index (χ2v) is 4.77. The van der Waals surface area contributed by atoms with Crippen LogP contribution in [-0.2, 0) is 0 Å². The van der Waals surface area contributed by atoms with E-state index in [1.54, 1.807) is 0 Å². The highest BCUT2D eigenvalue weighted by Crippen LogP contribution is 2.31. The number of hydrogen-bond acceptors (Lipinski definition) is 2. The molecular weight excluding hydrogens is 160 g/mol. The molecule has 0 aromatic heterocycles. The van der Waals surface area contributed by atoms with Gasteiger partial charge in [0.2, 0.25) is 0 Å². The zero-order valence-electron chi connectivity index (χ0n) is 8.76. The van der Waals surface area contributed by atoms with Gasteiger partial charge in [-0.25, -0.2) is 0 Å². The Bertz CT molecular complexity index is 152. The van der Waals surface area contributed by atoms with Gasteiger partial charge in [-0.3, -0.25) is 0 Å². The molecule has 1 N–H and O–H groups in total. The highest BCUT2D eigenvalue weighted by Gasteiger charge is 2.27. The second kappa shape index (κ2) is 4.43. The zero-order valence-corrected chi connectivity index (χ0v) is 8.76. The Kier molecular flexibility index (Phi) is 3.23. The fraction of sp³-hybridized carbons (Fsp3) is 1.00. The maximum Gasteiger partial charge on any atom is 0.00219 e. The monoisotopic (exact) mass is 182 g/mol. The molecule has 76 valence electrons. The molecule has 1 atom stereocenters. The van der Waals surface area contributed by atoms with Crippen LogP contribution in [0.4, 0.5) is 0 Å². The number of nitrogens with one attached hydrogen (secondary N) is 1. The summed E-state index contributed by atoms with van der Waals surface area (Å²) in [6, 6.07) is 0. The van der Waals surface area contributed by atoms with E-state index in [2.05, 4.69) is 17.3 Å². The molecule has 1 heterocycles. The van der Waals surface area contributed by atoms with Gasteiger partial charge in [0.05, 0.1) is 0 Å². The summed E-state index contributed by atoms with van der Waals surface area (Å²) < 4.78 is 0. The van der Waals surface area contributed by atoms with Crippen molar-refractivity contribution in [2.45, 2.75) is 25.7 Å². The zero-order chi connectivity index (χ0) is 9.10. The smallest absolute Gasteiger partial charge is 0.00219 e. The molecule has 0 amide bonds. The first-order valence-electron chi connectivity index (χ1n) is 5.75. The molecule has 2 rings (SSSR count). The first-order valence-corrected chi connectivity index (χ1v) is 5.75. The Morgan fingerprint density at radius 1 is 1.23 bits per heavy atom. The first-order chi connectivity index (χ1) is 6.38. The average Bonchev–Trinajstić information content (AvgIpc) is 2.90. The van der Waals surface area contributed by atoms with Crippen LogP contribution in [0.25, 0.3) is 0 Å². The van der Waals surface area contributed by atoms with Gasteiger partial charge in [-0.2, -0.15) is 0 Å². The molecule has 2 heteroatoms. The Labute approximate surface area is 81.7 Å². The predicted molar refractivity (Wildman–Crippen MR) is 55.8 cm³/mol. The van der Waals surface area contributed by atoms with Crippen molar-refractivity contribution in [3.8, 4) is 0 Å². The van der Waals surface area contributed by atoms with Crippen molar-refractivity contribution in [2.75, 3.05) is 33.2 Å². The molecule has 0 spiro atoms. The number of likely N-dealkylation sites (tertiary alicyclic amines) is 1. The van der Waals surface area contributed by atoms with Gasteiger partial charge in [0, 0.05) is 13.1 Å². The lowest BCUT2D eigenvalue weighted by Crippen LogP contribution is -2.39. The summed E-state index contributed by atoms with van der Waals surface area (Å²) in [5.41, 5.74) is 0. The minimum atomic E-state index is 0.914. The van der Waals surface area contributed by atoms with E-state index in [1.165, 1.54) is 51.9 Å². The van der Waals surface area contributed by atoms with E-state index < -0.39 is 0 Å². The van der Waals surface area contributed by atoms with E-state index in [0.29, 0.717) is 0 Å². The summed E-state index contributed by atoms with van der Waals surface area (Å²) in [4.78, 5) is 2.68. The number of piperidine rings is 1. The van der Waals surface area contributed by atoms with E-state index in [-0.39, 0.29) is 0 Å². The summed E-state index contributed by atoms with van der Waals surface area (Å²) in [5, 5.41) is 3.30. The molecule has 0 radical (unpaired) electrons. The summed E-state index contributed by atoms with van der Waals surface area (Å²) in [6.07, 6.45) is 5.83. The normalized spacial score (nSPS) is 30.7. The van der Waals surface area contributed by atoms with Crippen molar-refractivity contribution < 1.29 is 0 Å². The lowest BCUT2D eigenvalue weighted by Gasteiger charge is -2.32. The third-order valence-electron chi connectivity index (χ3n) is 3.31. The van der Waals surface area contributed by atoms with Gasteiger partial charge in [0.25, 0.3) is 0 Å². The number of rotatable bonds is 4.